The van der Waals surface area contributed by atoms with Crippen LogP contribution in [0, 0.1) is 10.1 Å². The Hall–Kier alpha value is -3.51. The van der Waals surface area contributed by atoms with E-state index in [4.69, 9.17) is 4.74 Å². The molecule has 0 atom stereocenters. The van der Waals surface area contributed by atoms with Crippen molar-refractivity contribution in [3.8, 4) is 5.75 Å². The Labute approximate surface area is 186 Å². The summed E-state index contributed by atoms with van der Waals surface area (Å²) in [6.45, 7) is 6.99. The highest BCUT2D eigenvalue weighted by atomic mass is 16.6. The second kappa shape index (κ2) is 10.2. The lowest BCUT2D eigenvalue weighted by molar-refractivity contribution is -0.384. The van der Waals surface area contributed by atoms with Gasteiger partial charge in [-0.25, -0.2) is 9.99 Å². The van der Waals surface area contributed by atoms with Crippen LogP contribution in [0.25, 0.3) is 0 Å². The Balaban J connectivity index is 1.76. The van der Waals surface area contributed by atoms with Crippen molar-refractivity contribution in [2.75, 3.05) is 51.0 Å². The standard InChI is InChI=1S/C20H28N8O4/c1-13(2)22-18-16(28(30)31)12-21-20(24-18)23-15-6-5-14(11-17(15)32-4)19(29)25-27-9-7-26(3)8-10-27/h5-6,11-13H,7-10H2,1-4H3,(H,25,29)(H2,21,22,23,24). The quantitative estimate of drug-likeness (QED) is 0.408. The lowest BCUT2D eigenvalue weighted by Crippen LogP contribution is -2.52. The average molecular weight is 444 g/mol. The first-order valence-corrected chi connectivity index (χ1v) is 10.2. The van der Waals surface area contributed by atoms with Crippen LogP contribution < -0.4 is 20.8 Å². The number of anilines is 3. The molecule has 32 heavy (non-hydrogen) atoms. The molecular formula is C20H28N8O4. The first-order valence-electron chi connectivity index (χ1n) is 10.2. The van der Waals surface area contributed by atoms with Gasteiger partial charge >= 0.3 is 5.69 Å². The third-order valence-electron chi connectivity index (χ3n) is 4.86. The van der Waals surface area contributed by atoms with Gasteiger partial charge in [-0.1, -0.05) is 0 Å². The van der Waals surface area contributed by atoms with Crippen LogP contribution in [0.15, 0.2) is 24.4 Å². The van der Waals surface area contributed by atoms with Crippen LogP contribution in [-0.2, 0) is 0 Å². The van der Waals surface area contributed by atoms with Gasteiger partial charge in [0.2, 0.25) is 11.8 Å². The molecule has 1 aromatic heterocycles. The summed E-state index contributed by atoms with van der Waals surface area (Å²) in [7, 11) is 3.54. The molecule has 0 bridgehead atoms. The number of hydrogen-bond acceptors (Lipinski definition) is 10. The maximum atomic E-state index is 12.6. The molecule has 1 amide bonds. The van der Waals surface area contributed by atoms with E-state index >= 15 is 0 Å². The summed E-state index contributed by atoms with van der Waals surface area (Å²) in [5, 5.41) is 19.1. The monoisotopic (exact) mass is 444 g/mol. The van der Waals surface area contributed by atoms with E-state index < -0.39 is 4.92 Å². The minimum Gasteiger partial charge on any atom is -0.495 e. The number of rotatable bonds is 8. The molecule has 0 unspecified atom stereocenters. The predicted molar refractivity (Wildman–Crippen MR) is 120 cm³/mol. The Morgan fingerprint density at radius 3 is 2.59 bits per heavy atom. The molecular weight excluding hydrogens is 416 g/mol. The maximum absolute atomic E-state index is 12.6. The number of hydrogen-bond donors (Lipinski definition) is 3. The first-order chi connectivity index (χ1) is 15.3. The van der Waals surface area contributed by atoms with E-state index in [1.165, 1.54) is 7.11 Å². The number of likely N-dealkylation sites (N-methyl/N-ethyl adjacent to an activating group) is 1. The largest absolute Gasteiger partial charge is 0.495 e. The molecule has 12 heteroatoms. The first kappa shape index (κ1) is 23.2. The normalized spacial score (nSPS) is 14.8. The molecule has 1 aromatic carbocycles. The van der Waals surface area contributed by atoms with Gasteiger partial charge in [0.1, 0.15) is 11.9 Å². The molecule has 1 fully saturated rings. The van der Waals surface area contributed by atoms with E-state index in [-0.39, 0.29) is 29.4 Å². The van der Waals surface area contributed by atoms with Gasteiger partial charge in [-0.3, -0.25) is 20.3 Å². The van der Waals surface area contributed by atoms with Gasteiger partial charge in [-0.05, 0) is 39.1 Å². The number of nitrogens with zero attached hydrogens (tertiary/aromatic N) is 5. The predicted octanol–water partition coefficient (Wildman–Crippen LogP) is 1.85. The number of carbonyl (C=O) groups excluding carboxylic acids is 1. The molecule has 0 radical (unpaired) electrons. The highest BCUT2D eigenvalue weighted by Gasteiger charge is 2.20. The van der Waals surface area contributed by atoms with Gasteiger partial charge in [-0.2, -0.15) is 4.98 Å². The van der Waals surface area contributed by atoms with Gasteiger partial charge < -0.3 is 20.3 Å². The zero-order chi connectivity index (χ0) is 23.3. The van der Waals surface area contributed by atoms with Gasteiger partial charge in [0.15, 0.2) is 0 Å². The average Bonchev–Trinajstić information content (AvgIpc) is 2.75. The van der Waals surface area contributed by atoms with E-state index in [2.05, 4.69) is 30.9 Å². The second-order valence-electron chi connectivity index (χ2n) is 7.75. The van der Waals surface area contributed by atoms with Crippen LogP contribution in [0.1, 0.15) is 24.2 Å². The number of benzene rings is 1. The molecule has 0 aliphatic carbocycles. The van der Waals surface area contributed by atoms with Gasteiger partial charge in [0.25, 0.3) is 5.91 Å². The number of nitrogens with one attached hydrogen (secondary N) is 3. The van der Waals surface area contributed by atoms with Crippen molar-refractivity contribution < 1.29 is 14.5 Å². The van der Waals surface area contributed by atoms with Gasteiger partial charge in [0, 0.05) is 37.8 Å². The lowest BCUT2D eigenvalue weighted by Gasteiger charge is -2.32. The van der Waals surface area contributed by atoms with Crippen LogP contribution in [0.4, 0.5) is 23.1 Å². The van der Waals surface area contributed by atoms with Crippen molar-refractivity contribution in [2.24, 2.45) is 0 Å². The summed E-state index contributed by atoms with van der Waals surface area (Å²) >= 11 is 0. The molecule has 0 spiro atoms. The number of hydrazine groups is 1. The number of ether oxygens (including phenoxy) is 1. The Kier molecular flexibility index (Phi) is 7.38. The molecule has 1 aliphatic heterocycles. The third-order valence-corrected chi connectivity index (χ3v) is 4.86. The summed E-state index contributed by atoms with van der Waals surface area (Å²) in [4.78, 5) is 33.8. The van der Waals surface area contributed by atoms with Crippen LogP contribution in [0.5, 0.6) is 5.75 Å². The molecule has 3 rings (SSSR count). The molecule has 2 aromatic rings. The highest BCUT2D eigenvalue weighted by molar-refractivity contribution is 5.95. The fourth-order valence-corrected chi connectivity index (χ4v) is 3.13. The SMILES string of the molecule is COc1cc(C(=O)NN2CCN(C)CC2)ccc1Nc1ncc([N+](=O)[O-])c(NC(C)C)n1. The summed E-state index contributed by atoms with van der Waals surface area (Å²) in [5.41, 5.74) is 3.66. The number of nitro groups is 1. The fraction of sp³-hybridized carbons (Fsp3) is 0.450. The molecule has 1 aliphatic rings. The van der Waals surface area contributed by atoms with E-state index in [0.29, 0.717) is 17.0 Å². The topological polar surface area (TPSA) is 138 Å². The van der Waals surface area contributed by atoms with E-state index in [1.807, 2.05) is 25.9 Å². The van der Waals surface area contributed by atoms with E-state index in [9.17, 15) is 14.9 Å². The number of aromatic nitrogens is 2. The van der Waals surface area contributed by atoms with Crippen LogP contribution >= 0.6 is 0 Å². The maximum Gasteiger partial charge on any atom is 0.329 e. The Morgan fingerprint density at radius 1 is 1.25 bits per heavy atom. The van der Waals surface area contributed by atoms with Crippen LogP contribution in [0.2, 0.25) is 0 Å². The van der Waals surface area contributed by atoms with Crippen molar-refractivity contribution in [3.63, 3.8) is 0 Å². The van der Waals surface area contributed by atoms with Crippen LogP contribution in [-0.4, -0.2) is 77.1 Å². The molecule has 12 nitrogen and oxygen atoms in total. The van der Waals surface area contributed by atoms with Crippen LogP contribution in [0.3, 0.4) is 0 Å². The third kappa shape index (κ3) is 5.80. The molecule has 0 saturated carbocycles. The molecule has 2 heterocycles. The van der Waals surface area contributed by atoms with Gasteiger partial charge in [-0.15, -0.1) is 0 Å². The Morgan fingerprint density at radius 2 is 1.97 bits per heavy atom. The van der Waals surface area contributed by atoms with E-state index in [0.717, 1.165) is 32.4 Å². The van der Waals surface area contributed by atoms with Gasteiger partial charge in [0.05, 0.1) is 17.7 Å². The van der Waals surface area contributed by atoms with Crippen molar-refractivity contribution in [1.82, 2.24) is 25.3 Å². The number of amides is 1. The van der Waals surface area contributed by atoms with Crippen molar-refractivity contribution in [1.29, 1.82) is 0 Å². The van der Waals surface area contributed by atoms with Crippen molar-refractivity contribution >= 4 is 29.0 Å². The zero-order valence-electron chi connectivity index (χ0n) is 18.6. The van der Waals surface area contributed by atoms with Crippen molar-refractivity contribution in [2.45, 2.75) is 19.9 Å². The smallest absolute Gasteiger partial charge is 0.329 e. The van der Waals surface area contributed by atoms with E-state index in [1.54, 1.807) is 18.2 Å². The summed E-state index contributed by atoms with van der Waals surface area (Å²) < 4.78 is 5.43. The molecule has 172 valence electrons. The van der Waals surface area contributed by atoms with Crippen molar-refractivity contribution in [3.05, 3.63) is 40.1 Å². The number of methoxy groups -OCH3 is 1. The Bertz CT molecular complexity index is 976. The number of piperazine rings is 1. The fourth-order valence-electron chi connectivity index (χ4n) is 3.13. The minimum atomic E-state index is -0.539. The lowest BCUT2D eigenvalue weighted by atomic mass is 10.1. The number of carbonyl (C=O) groups is 1. The summed E-state index contributed by atoms with van der Waals surface area (Å²) in [5.74, 6) is 0.460. The second-order valence-corrected chi connectivity index (χ2v) is 7.75. The zero-order valence-corrected chi connectivity index (χ0v) is 18.6. The molecule has 1 saturated heterocycles. The summed E-state index contributed by atoms with van der Waals surface area (Å²) in [6.07, 6.45) is 1.14. The minimum absolute atomic E-state index is 0.0518. The molecule has 3 N–H and O–H groups in total. The highest BCUT2D eigenvalue weighted by Crippen LogP contribution is 2.29. The summed E-state index contributed by atoms with van der Waals surface area (Å²) in [6, 6.07) is 4.91.